The average Bonchev–Trinajstić information content (AvgIpc) is 3.06. The first-order chi connectivity index (χ1) is 20.8. The zero-order valence-electron chi connectivity index (χ0n) is 23.3. The molecule has 0 radical (unpaired) electrons. The van der Waals surface area contributed by atoms with Gasteiger partial charge in [0.2, 0.25) is 0 Å². The van der Waals surface area contributed by atoms with Crippen molar-refractivity contribution in [2.75, 3.05) is 0 Å². The molecule has 42 heavy (non-hydrogen) atoms. The summed E-state index contributed by atoms with van der Waals surface area (Å²) in [6.07, 6.45) is 2.11. The highest BCUT2D eigenvalue weighted by atomic mass is 14.3. The molecule has 1 aliphatic rings. The molecule has 8 aromatic carbocycles. The zero-order valence-corrected chi connectivity index (χ0v) is 23.3. The van der Waals surface area contributed by atoms with Crippen LogP contribution in [0.2, 0.25) is 0 Å². The summed E-state index contributed by atoms with van der Waals surface area (Å²) in [6.45, 7) is 0. The Kier molecular flexibility index (Phi) is 5.12. The van der Waals surface area contributed by atoms with E-state index >= 15 is 0 Å². The topological polar surface area (TPSA) is 0 Å². The van der Waals surface area contributed by atoms with Crippen molar-refractivity contribution < 1.29 is 0 Å². The van der Waals surface area contributed by atoms with Gasteiger partial charge in [-0.05, 0) is 113 Å². The van der Waals surface area contributed by atoms with Crippen molar-refractivity contribution in [1.29, 1.82) is 0 Å². The predicted molar refractivity (Wildman–Crippen MR) is 180 cm³/mol. The van der Waals surface area contributed by atoms with Crippen LogP contribution in [0.3, 0.4) is 0 Å². The molecule has 0 heteroatoms. The van der Waals surface area contributed by atoms with Gasteiger partial charge in [-0.25, -0.2) is 0 Å². The molecular formula is C42H28. The van der Waals surface area contributed by atoms with E-state index in [0.29, 0.717) is 0 Å². The van der Waals surface area contributed by atoms with Crippen LogP contribution in [0.5, 0.6) is 0 Å². The van der Waals surface area contributed by atoms with Gasteiger partial charge in [-0.15, -0.1) is 0 Å². The van der Waals surface area contributed by atoms with Crippen LogP contribution in [-0.2, 0) is 12.8 Å². The van der Waals surface area contributed by atoms with E-state index in [9.17, 15) is 0 Å². The molecular weight excluding hydrogens is 504 g/mol. The van der Waals surface area contributed by atoms with Gasteiger partial charge in [0.1, 0.15) is 0 Å². The Bertz CT molecular complexity index is 2300. The maximum absolute atomic E-state index is 2.46. The Morgan fingerprint density at radius 1 is 0.333 bits per heavy atom. The van der Waals surface area contributed by atoms with Crippen molar-refractivity contribution in [1.82, 2.24) is 0 Å². The highest BCUT2D eigenvalue weighted by molar-refractivity contribution is 6.23. The quantitative estimate of drug-likeness (QED) is 0.194. The first kappa shape index (κ1) is 23.5. The third-order valence-corrected chi connectivity index (χ3v) is 9.33. The fourth-order valence-electron chi connectivity index (χ4n) is 7.50. The highest BCUT2D eigenvalue weighted by Crippen LogP contribution is 2.49. The maximum Gasteiger partial charge on any atom is -0.00232 e. The summed E-state index contributed by atoms with van der Waals surface area (Å²) < 4.78 is 0. The molecule has 1 aliphatic carbocycles. The lowest BCUT2D eigenvalue weighted by Crippen LogP contribution is -2.07. The van der Waals surface area contributed by atoms with E-state index in [1.54, 1.807) is 0 Å². The van der Waals surface area contributed by atoms with Crippen molar-refractivity contribution in [3.63, 3.8) is 0 Å². The van der Waals surface area contributed by atoms with Gasteiger partial charge in [-0.1, -0.05) is 133 Å². The summed E-state index contributed by atoms with van der Waals surface area (Å²) >= 11 is 0. The number of hydrogen-bond acceptors (Lipinski definition) is 0. The van der Waals surface area contributed by atoms with Gasteiger partial charge in [0.25, 0.3) is 0 Å². The largest absolute Gasteiger partial charge is 0.0620 e. The Morgan fingerprint density at radius 3 is 1.64 bits per heavy atom. The SMILES string of the molecule is c1ccc2c(c1)CCc1c(-c3c4ccccc4c(-c4ccc5ccccc5c4)c4ccccc34)cc3ccccc3c1-2. The van der Waals surface area contributed by atoms with Crippen molar-refractivity contribution in [3.05, 3.63) is 157 Å². The number of rotatable bonds is 2. The fraction of sp³-hybridized carbons (Fsp3) is 0.0476. The van der Waals surface area contributed by atoms with Crippen molar-refractivity contribution in [3.8, 4) is 33.4 Å². The standard InChI is InChI=1S/C42H28/c1-2-13-29-25-31(22-21-27(29)11-1)40-34-17-7-9-19-36(34)42(37-20-10-8-18-35(37)40)39-26-30-14-4-6-16-33(30)41-32-15-5-3-12-28(32)23-24-38(39)41/h1-22,25-26H,23-24H2. The first-order valence-corrected chi connectivity index (χ1v) is 14.9. The van der Waals surface area contributed by atoms with Gasteiger partial charge >= 0.3 is 0 Å². The normalized spacial score (nSPS) is 12.6. The van der Waals surface area contributed by atoms with Crippen LogP contribution in [0.1, 0.15) is 11.1 Å². The second kappa shape index (κ2) is 9.16. The lowest BCUT2D eigenvalue weighted by Gasteiger charge is -2.26. The summed E-state index contributed by atoms with van der Waals surface area (Å²) in [7, 11) is 0. The molecule has 0 spiro atoms. The summed E-state index contributed by atoms with van der Waals surface area (Å²) in [4.78, 5) is 0. The van der Waals surface area contributed by atoms with E-state index in [2.05, 4.69) is 146 Å². The van der Waals surface area contributed by atoms with E-state index in [4.69, 9.17) is 0 Å². The molecule has 0 saturated heterocycles. The minimum absolute atomic E-state index is 1.04. The van der Waals surface area contributed by atoms with Gasteiger partial charge in [0.05, 0.1) is 0 Å². The van der Waals surface area contributed by atoms with Crippen molar-refractivity contribution >= 4 is 43.1 Å². The van der Waals surface area contributed by atoms with Crippen molar-refractivity contribution in [2.45, 2.75) is 12.8 Å². The van der Waals surface area contributed by atoms with E-state index < -0.39 is 0 Å². The second-order valence-corrected chi connectivity index (χ2v) is 11.6. The average molecular weight is 533 g/mol. The van der Waals surface area contributed by atoms with Gasteiger partial charge < -0.3 is 0 Å². The van der Waals surface area contributed by atoms with Crippen LogP contribution in [0.25, 0.3) is 76.5 Å². The Labute approximate surface area is 245 Å². The van der Waals surface area contributed by atoms with E-state index in [-0.39, 0.29) is 0 Å². The van der Waals surface area contributed by atoms with Crippen LogP contribution in [0.15, 0.2) is 146 Å². The Morgan fingerprint density at radius 2 is 0.905 bits per heavy atom. The monoisotopic (exact) mass is 532 g/mol. The fourth-order valence-corrected chi connectivity index (χ4v) is 7.50. The number of fused-ring (bicyclic) bond motifs is 8. The Balaban J connectivity index is 1.43. The van der Waals surface area contributed by atoms with Crippen LogP contribution >= 0.6 is 0 Å². The lowest BCUT2D eigenvalue weighted by atomic mass is 9.77. The zero-order chi connectivity index (χ0) is 27.6. The number of hydrogen-bond donors (Lipinski definition) is 0. The predicted octanol–water partition coefficient (Wildman–Crippen LogP) is 11.4. The lowest BCUT2D eigenvalue weighted by molar-refractivity contribution is 0.947. The van der Waals surface area contributed by atoms with Crippen LogP contribution in [0, 0.1) is 0 Å². The molecule has 0 atom stereocenters. The van der Waals surface area contributed by atoms with Gasteiger partial charge in [0.15, 0.2) is 0 Å². The molecule has 0 unspecified atom stereocenters. The third-order valence-electron chi connectivity index (χ3n) is 9.33. The summed E-state index contributed by atoms with van der Waals surface area (Å²) in [6, 6.07) is 54.1. The molecule has 8 aromatic rings. The molecule has 0 nitrogen and oxygen atoms in total. The van der Waals surface area contributed by atoms with Gasteiger partial charge in [0, 0.05) is 0 Å². The third kappa shape index (κ3) is 3.42. The summed E-state index contributed by atoms with van der Waals surface area (Å²) in [5.74, 6) is 0. The second-order valence-electron chi connectivity index (χ2n) is 11.6. The van der Waals surface area contributed by atoms with Crippen LogP contribution in [-0.4, -0.2) is 0 Å². The summed E-state index contributed by atoms with van der Waals surface area (Å²) in [5.41, 5.74) is 11.0. The molecule has 0 bridgehead atoms. The van der Waals surface area contributed by atoms with Crippen LogP contribution < -0.4 is 0 Å². The van der Waals surface area contributed by atoms with E-state index in [1.165, 1.54) is 87.6 Å². The van der Waals surface area contributed by atoms with Crippen LogP contribution in [0.4, 0.5) is 0 Å². The summed E-state index contributed by atoms with van der Waals surface area (Å²) in [5, 5.41) is 10.4. The molecule has 196 valence electrons. The van der Waals surface area contributed by atoms with E-state index in [0.717, 1.165) is 12.8 Å². The minimum Gasteiger partial charge on any atom is -0.0620 e. The molecule has 0 saturated carbocycles. The molecule has 0 aliphatic heterocycles. The molecule has 0 N–H and O–H groups in total. The first-order valence-electron chi connectivity index (χ1n) is 14.9. The molecule has 0 aromatic heterocycles. The molecule has 0 heterocycles. The minimum atomic E-state index is 1.04. The maximum atomic E-state index is 2.46. The smallest absolute Gasteiger partial charge is 0.00232 e. The van der Waals surface area contributed by atoms with Gasteiger partial charge in [-0.2, -0.15) is 0 Å². The van der Waals surface area contributed by atoms with Gasteiger partial charge in [-0.3, -0.25) is 0 Å². The molecule has 9 rings (SSSR count). The highest BCUT2D eigenvalue weighted by Gasteiger charge is 2.25. The number of benzene rings is 8. The molecule has 0 fully saturated rings. The molecule has 0 amide bonds. The van der Waals surface area contributed by atoms with Crippen molar-refractivity contribution in [2.24, 2.45) is 0 Å². The van der Waals surface area contributed by atoms with E-state index in [1.807, 2.05) is 0 Å². The number of aryl methyl sites for hydroxylation is 1. The Hall–Kier alpha value is -5.20.